The van der Waals surface area contributed by atoms with E-state index in [0.29, 0.717) is 12.8 Å². The van der Waals surface area contributed by atoms with Gasteiger partial charge in [-0.25, -0.2) is 8.42 Å². The third-order valence-electron chi connectivity index (χ3n) is 3.64. The molecule has 2 rings (SSSR count). The quantitative estimate of drug-likeness (QED) is 0.243. The van der Waals surface area contributed by atoms with Gasteiger partial charge in [0.2, 0.25) is 0 Å². The van der Waals surface area contributed by atoms with Crippen LogP contribution < -0.4 is 5.01 Å². The Kier molecular flexibility index (Phi) is 6.10. The molecule has 1 unspecified atom stereocenters. The molecule has 0 fully saturated rings. The predicted octanol–water partition coefficient (Wildman–Crippen LogP) is 1.26. The van der Waals surface area contributed by atoms with E-state index in [2.05, 4.69) is 5.10 Å². The summed E-state index contributed by atoms with van der Waals surface area (Å²) in [5.74, 6) is -0.341. The molecule has 1 aliphatic rings. The van der Waals surface area contributed by atoms with Crippen molar-refractivity contribution in [3.05, 3.63) is 42.7 Å². The summed E-state index contributed by atoms with van der Waals surface area (Å²) >= 11 is 0. The Balaban J connectivity index is 1.98. The van der Waals surface area contributed by atoms with Crippen LogP contribution in [0.4, 0.5) is 5.69 Å². The third kappa shape index (κ3) is 5.47. The molecule has 8 heteroatoms. The lowest BCUT2D eigenvalue weighted by molar-refractivity contribution is -0.483. The molecule has 7 nitrogen and oxygen atoms in total. The minimum absolute atomic E-state index is 0.0833. The van der Waals surface area contributed by atoms with E-state index in [1.165, 1.54) is 0 Å². The minimum atomic E-state index is -4.15. The summed E-state index contributed by atoms with van der Waals surface area (Å²) < 4.78 is 33.8. The Labute approximate surface area is 143 Å². The summed E-state index contributed by atoms with van der Waals surface area (Å²) in [5.41, 5.74) is 0.985. The number of hydrogen-bond acceptors (Lipinski definition) is 6. The van der Waals surface area contributed by atoms with Gasteiger partial charge in [-0.2, -0.15) is 9.68 Å². The van der Waals surface area contributed by atoms with Crippen LogP contribution in [-0.2, 0) is 10.1 Å². The highest BCUT2D eigenvalue weighted by molar-refractivity contribution is 7.85. The summed E-state index contributed by atoms with van der Waals surface area (Å²) in [5, 5.41) is 6.25. The zero-order valence-corrected chi connectivity index (χ0v) is 14.6. The van der Waals surface area contributed by atoms with E-state index in [1.807, 2.05) is 78.7 Å². The van der Waals surface area contributed by atoms with Gasteiger partial charge in [0.25, 0.3) is 6.17 Å². The van der Waals surface area contributed by atoms with Gasteiger partial charge >= 0.3 is 0 Å². The standard InChI is InChI=1S/C16H22N4O3S/c1-18-11-12-20(10-6-7-13-24(21,22)23)16(18)14-17-19(2)15-8-4-3-5-9-15/h3-5,8-12,14,16H,6-7,13H2,1-2H3. The van der Waals surface area contributed by atoms with Crippen molar-refractivity contribution < 1.29 is 17.5 Å². The van der Waals surface area contributed by atoms with Gasteiger partial charge in [-0.05, 0) is 18.6 Å². The van der Waals surface area contributed by atoms with E-state index in [-0.39, 0.29) is 11.9 Å². The van der Waals surface area contributed by atoms with Crippen molar-refractivity contribution in [3.8, 4) is 0 Å². The average Bonchev–Trinajstić information content (AvgIpc) is 2.89. The molecule has 1 heterocycles. The van der Waals surface area contributed by atoms with Crippen LogP contribution >= 0.6 is 0 Å². The smallest absolute Gasteiger partial charge is 0.271 e. The number of para-hydroxylation sites is 1. The van der Waals surface area contributed by atoms with Crippen molar-refractivity contribution in [1.29, 1.82) is 0 Å². The molecule has 0 spiro atoms. The van der Waals surface area contributed by atoms with Gasteiger partial charge in [-0.3, -0.25) is 5.01 Å². The lowest BCUT2D eigenvalue weighted by Gasteiger charge is -2.15. The Morgan fingerprint density at radius 3 is 2.75 bits per heavy atom. The van der Waals surface area contributed by atoms with E-state index < -0.39 is 10.1 Å². The van der Waals surface area contributed by atoms with Gasteiger partial charge in [0, 0.05) is 26.3 Å². The molecule has 0 bridgehead atoms. The highest BCUT2D eigenvalue weighted by Crippen LogP contribution is 2.12. The molecule has 0 N–H and O–H groups in total. The topological polar surface area (TPSA) is 79.0 Å². The van der Waals surface area contributed by atoms with Crippen molar-refractivity contribution in [3.63, 3.8) is 0 Å². The number of benzene rings is 1. The van der Waals surface area contributed by atoms with E-state index in [1.54, 1.807) is 5.01 Å². The molecule has 0 saturated carbocycles. The fourth-order valence-corrected chi connectivity index (χ4v) is 2.81. The Bertz CT molecular complexity index is 729. The maximum Gasteiger partial charge on any atom is 0.271 e. The minimum Gasteiger partial charge on any atom is -0.748 e. The largest absolute Gasteiger partial charge is 0.748 e. The van der Waals surface area contributed by atoms with E-state index in [4.69, 9.17) is 0 Å². The van der Waals surface area contributed by atoms with Crippen LogP contribution in [-0.4, -0.2) is 60.9 Å². The average molecular weight is 350 g/mol. The molecule has 0 amide bonds. The van der Waals surface area contributed by atoms with Gasteiger partial charge in [-0.1, -0.05) is 18.2 Å². The summed E-state index contributed by atoms with van der Waals surface area (Å²) in [7, 11) is -0.334. The normalized spacial score (nSPS) is 19.5. The predicted molar refractivity (Wildman–Crippen MR) is 94.2 cm³/mol. The van der Waals surface area contributed by atoms with E-state index >= 15 is 0 Å². The zero-order chi connectivity index (χ0) is 17.6. The number of unbranched alkanes of at least 4 members (excludes halogenated alkanes) is 1. The molecule has 24 heavy (non-hydrogen) atoms. The Morgan fingerprint density at radius 1 is 1.38 bits per heavy atom. The molecule has 0 aromatic heterocycles. The van der Waals surface area contributed by atoms with Crippen LogP contribution in [0.25, 0.3) is 0 Å². The highest BCUT2D eigenvalue weighted by atomic mass is 32.2. The fraction of sp³-hybridized carbons (Fsp3) is 0.375. The highest BCUT2D eigenvalue weighted by Gasteiger charge is 2.26. The lowest BCUT2D eigenvalue weighted by Crippen LogP contribution is -2.33. The summed E-state index contributed by atoms with van der Waals surface area (Å²) in [4.78, 5) is 1.99. The van der Waals surface area contributed by atoms with Gasteiger partial charge in [0.05, 0.1) is 22.0 Å². The number of anilines is 1. The number of hydrazone groups is 1. The van der Waals surface area contributed by atoms with Gasteiger partial charge in [-0.15, -0.1) is 0 Å². The van der Waals surface area contributed by atoms with Gasteiger partial charge < -0.3 is 9.45 Å². The molecule has 0 saturated heterocycles. The third-order valence-corrected chi connectivity index (χ3v) is 4.43. The van der Waals surface area contributed by atoms with Crippen molar-refractivity contribution >= 4 is 28.2 Å². The van der Waals surface area contributed by atoms with Gasteiger partial charge in [0.15, 0.2) is 6.20 Å². The van der Waals surface area contributed by atoms with Crippen molar-refractivity contribution in [2.75, 3.05) is 24.9 Å². The van der Waals surface area contributed by atoms with E-state index in [0.717, 1.165) is 5.69 Å². The molecule has 130 valence electrons. The second-order valence-corrected chi connectivity index (χ2v) is 7.06. The van der Waals surface area contributed by atoms with Crippen LogP contribution in [0.1, 0.15) is 12.8 Å². The molecular weight excluding hydrogens is 328 g/mol. The number of rotatable bonds is 7. The first-order valence-electron chi connectivity index (χ1n) is 7.64. The molecule has 1 aromatic rings. The number of nitrogens with zero attached hydrogens (tertiary/aromatic N) is 4. The van der Waals surface area contributed by atoms with Crippen LogP contribution in [0, 0.1) is 0 Å². The maximum atomic E-state index is 10.6. The van der Waals surface area contributed by atoms with Crippen LogP contribution in [0.15, 0.2) is 47.8 Å². The summed E-state index contributed by atoms with van der Waals surface area (Å²) in [6.07, 6.45) is 8.25. The zero-order valence-electron chi connectivity index (χ0n) is 13.8. The van der Waals surface area contributed by atoms with Crippen LogP contribution in [0.5, 0.6) is 0 Å². The molecule has 0 radical (unpaired) electrons. The summed E-state index contributed by atoms with van der Waals surface area (Å²) in [6, 6.07) is 9.81. The van der Waals surface area contributed by atoms with Crippen LogP contribution in [0.3, 0.4) is 0 Å². The first-order chi connectivity index (χ1) is 11.4. The lowest BCUT2D eigenvalue weighted by atomic mass is 10.3. The Hall–Kier alpha value is -2.19. The monoisotopic (exact) mass is 350 g/mol. The number of hydrogen-bond donors (Lipinski definition) is 0. The first-order valence-corrected chi connectivity index (χ1v) is 9.22. The Morgan fingerprint density at radius 2 is 2.08 bits per heavy atom. The van der Waals surface area contributed by atoms with Crippen LogP contribution in [0.2, 0.25) is 0 Å². The molecule has 0 aliphatic carbocycles. The van der Waals surface area contributed by atoms with E-state index in [9.17, 15) is 13.0 Å². The van der Waals surface area contributed by atoms with Crippen molar-refractivity contribution in [2.24, 2.45) is 5.10 Å². The maximum absolute atomic E-state index is 10.6. The SMILES string of the molecule is CN(N=CC1N(C)C=C[N+]1=CCCCS(=O)(=O)[O-])c1ccccc1. The van der Waals surface area contributed by atoms with Crippen molar-refractivity contribution in [2.45, 2.75) is 19.0 Å². The van der Waals surface area contributed by atoms with Crippen molar-refractivity contribution in [1.82, 2.24) is 4.90 Å². The first kappa shape index (κ1) is 18.2. The second kappa shape index (κ2) is 8.07. The second-order valence-electron chi connectivity index (χ2n) is 5.53. The molecule has 1 aliphatic heterocycles. The molecule has 1 atom stereocenters. The summed E-state index contributed by atoms with van der Waals surface area (Å²) in [6.45, 7) is 0. The molecular formula is C16H22N4O3S. The molecule has 1 aromatic carbocycles. The fourth-order valence-electron chi connectivity index (χ4n) is 2.29. The van der Waals surface area contributed by atoms with Gasteiger partial charge in [0.1, 0.15) is 12.4 Å².